The standard InChI is InChI=1S/C18H18N4O2/c1-12-4-3-5-13(10-12)22-17-16(19)18(21-11-20-17)24-15-8-6-14(23-2)7-9-15/h3-11H,19H2,1-2H3,(H,20,21,22). The van der Waals surface area contributed by atoms with Crippen molar-refractivity contribution in [2.24, 2.45) is 0 Å². The Hall–Kier alpha value is -3.28. The molecule has 0 aliphatic heterocycles. The van der Waals surface area contributed by atoms with Crippen LogP contribution in [0.5, 0.6) is 17.4 Å². The molecule has 1 heterocycles. The summed E-state index contributed by atoms with van der Waals surface area (Å²) in [6.07, 6.45) is 1.41. The van der Waals surface area contributed by atoms with Crippen molar-refractivity contribution >= 4 is 17.2 Å². The van der Waals surface area contributed by atoms with Crippen LogP contribution in [0.1, 0.15) is 5.56 Å². The third-order valence-corrected chi connectivity index (χ3v) is 3.40. The van der Waals surface area contributed by atoms with Crippen LogP contribution in [-0.4, -0.2) is 17.1 Å². The van der Waals surface area contributed by atoms with Crippen LogP contribution in [-0.2, 0) is 0 Å². The summed E-state index contributed by atoms with van der Waals surface area (Å²) in [5.41, 5.74) is 8.52. The summed E-state index contributed by atoms with van der Waals surface area (Å²) in [5, 5.41) is 3.18. The zero-order valence-corrected chi connectivity index (χ0v) is 13.5. The SMILES string of the molecule is COc1ccc(Oc2ncnc(Nc3cccc(C)c3)c2N)cc1. The maximum atomic E-state index is 6.14. The molecule has 0 saturated carbocycles. The summed E-state index contributed by atoms with van der Waals surface area (Å²) in [4.78, 5) is 8.29. The summed E-state index contributed by atoms with van der Waals surface area (Å²) in [5.74, 6) is 2.16. The second-order valence-electron chi connectivity index (χ2n) is 5.21. The van der Waals surface area contributed by atoms with E-state index < -0.39 is 0 Å². The third-order valence-electron chi connectivity index (χ3n) is 3.40. The van der Waals surface area contributed by atoms with Gasteiger partial charge in [-0.25, -0.2) is 4.98 Å². The highest BCUT2D eigenvalue weighted by atomic mass is 16.5. The molecule has 3 N–H and O–H groups in total. The number of anilines is 3. The molecular weight excluding hydrogens is 304 g/mol. The highest BCUT2D eigenvalue weighted by molar-refractivity contribution is 5.72. The summed E-state index contributed by atoms with van der Waals surface area (Å²) >= 11 is 0. The van der Waals surface area contributed by atoms with Crippen molar-refractivity contribution in [3.8, 4) is 17.4 Å². The van der Waals surface area contributed by atoms with Crippen LogP contribution < -0.4 is 20.5 Å². The lowest BCUT2D eigenvalue weighted by Gasteiger charge is -2.12. The smallest absolute Gasteiger partial charge is 0.248 e. The van der Waals surface area contributed by atoms with Gasteiger partial charge in [0, 0.05) is 5.69 Å². The molecule has 0 radical (unpaired) electrons. The van der Waals surface area contributed by atoms with Gasteiger partial charge in [-0.3, -0.25) is 0 Å². The van der Waals surface area contributed by atoms with Gasteiger partial charge in [0.1, 0.15) is 23.5 Å². The first kappa shape index (κ1) is 15.6. The normalized spacial score (nSPS) is 10.2. The molecule has 6 nitrogen and oxygen atoms in total. The molecule has 0 bridgehead atoms. The Labute approximate surface area is 140 Å². The Morgan fingerprint density at radius 1 is 1.00 bits per heavy atom. The molecule has 2 aromatic carbocycles. The van der Waals surface area contributed by atoms with Gasteiger partial charge in [0.2, 0.25) is 5.88 Å². The first-order valence-corrected chi connectivity index (χ1v) is 7.42. The molecule has 0 spiro atoms. The van der Waals surface area contributed by atoms with Gasteiger partial charge >= 0.3 is 0 Å². The van der Waals surface area contributed by atoms with Crippen LogP contribution in [0.15, 0.2) is 54.9 Å². The van der Waals surface area contributed by atoms with Crippen molar-refractivity contribution in [1.82, 2.24) is 9.97 Å². The van der Waals surface area contributed by atoms with Gasteiger partial charge in [0.05, 0.1) is 7.11 Å². The molecule has 122 valence electrons. The predicted molar refractivity (Wildman–Crippen MR) is 94.0 cm³/mol. The number of benzene rings is 2. The highest BCUT2D eigenvalue weighted by Gasteiger charge is 2.11. The maximum absolute atomic E-state index is 6.14. The lowest BCUT2D eigenvalue weighted by Crippen LogP contribution is -2.03. The van der Waals surface area contributed by atoms with Crippen LogP contribution in [0, 0.1) is 6.92 Å². The lowest BCUT2D eigenvalue weighted by atomic mass is 10.2. The van der Waals surface area contributed by atoms with E-state index in [-0.39, 0.29) is 0 Å². The van der Waals surface area contributed by atoms with Crippen LogP contribution in [0.2, 0.25) is 0 Å². The third kappa shape index (κ3) is 3.55. The number of aryl methyl sites for hydroxylation is 1. The quantitative estimate of drug-likeness (QED) is 0.741. The van der Waals surface area contributed by atoms with E-state index in [0.717, 1.165) is 17.0 Å². The number of methoxy groups -OCH3 is 1. The number of nitrogens with two attached hydrogens (primary N) is 1. The summed E-state index contributed by atoms with van der Waals surface area (Å²) in [6.45, 7) is 2.02. The van der Waals surface area contributed by atoms with Crippen molar-refractivity contribution in [2.75, 3.05) is 18.2 Å². The van der Waals surface area contributed by atoms with Crippen molar-refractivity contribution in [3.63, 3.8) is 0 Å². The molecule has 1 aromatic heterocycles. The van der Waals surface area contributed by atoms with Gasteiger partial charge in [-0.15, -0.1) is 0 Å². The summed E-state index contributed by atoms with van der Waals surface area (Å²) < 4.78 is 10.9. The first-order valence-electron chi connectivity index (χ1n) is 7.42. The molecule has 3 aromatic rings. The maximum Gasteiger partial charge on any atom is 0.248 e. The predicted octanol–water partition coefficient (Wildman–Crippen LogP) is 3.91. The fourth-order valence-electron chi connectivity index (χ4n) is 2.18. The monoisotopic (exact) mass is 322 g/mol. The van der Waals surface area contributed by atoms with E-state index in [1.165, 1.54) is 6.33 Å². The number of rotatable bonds is 5. The van der Waals surface area contributed by atoms with E-state index in [4.69, 9.17) is 15.2 Å². The van der Waals surface area contributed by atoms with Gasteiger partial charge < -0.3 is 20.5 Å². The Balaban J connectivity index is 1.82. The zero-order chi connectivity index (χ0) is 16.9. The second-order valence-corrected chi connectivity index (χ2v) is 5.21. The number of hydrogen-bond donors (Lipinski definition) is 2. The van der Waals surface area contributed by atoms with E-state index >= 15 is 0 Å². The zero-order valence-electron chi connectivity index (χ0n) is 13.5. The molecular formula is C18H18N4O2. The molecule has 0 atom stereocenters. The Morgan fingerprint density at radius 2 is 1.75 bits per heavy atom. The summed E-state index contributed by atoms with van der Waals surface area (Å²) in [7, 11) is 1.61. The Kier molecular flexibility index (Phi) is 4.47. The number of nitrogens with one attached hydrogen (secondary N) is 1. The highest BCUT2D eigenvalue weighted by Crippen LogP contribution is 2.31. The minimum Gasteiger partial charge on any atom is -0.497 e. The molecule has 0 unspecified atom stereocenters. The summed E-state index contributed by atoms with van der Waals surface area (Å²) in [6, 6.07) is 15.1. The van der Waals surface area contributed by atoms with E-state index in [2.05, 4.69) is 15.3 Å². The van der Waals surface area contributed by atoms with Gasteiger partial charge in [0.15, 0.2) is 5.82 Å². The average Bonchev–Trinajstić information content (AvgIpc) is 2.59. The Bertz CT molecular complexity index is 835. The largest absolute Gasteiger partial charge is 0.497 e. The number of aromatic nitrogens is 2. The number of nitrogen functional groups attached to an aromatic ring is 1. The molecule has 0 aliphatic carbocycles. The average molecular weight is 322 g/mol. The fraction of sp³-hybridized carbons (Fsp3) is 0.111. The van der Waals surface area contributed by atoms with Crippen molar-refractivity contribution < 1.29 is 9.47 Å². The van der Waals surface area contributed by atoms with Gasteiger partial charge in [-0.2, -0.15) is 4.98 Å². The van der Waals surface area contributed by atoms with Crippen LogP contribution >= 0.6 is 0 Å². The van der Waals surface area contributed by atoms with Gasteiger partial charge in [-0.05, 0) is 48.9 Å². The molecule has 0 fully saturated rings. The van der Waals surface area contributed by atoms with E-state index in [1.807, 2.05) is 31.2 Å². The van der Waals surface area contributed by atoms with Crippen LogP contribution in [0.4, 0.5) is 17.2 Å². The van der Waals surface area contributed by atoms with Gasteiger partial charge in [0.25, 0.3) is 0 Å². The molecule has 0 aliphatic rings. The number of ether oxygens (including phenoxy) is 2. The first-order chi connectivity index (χ1) is 11.7. The van der Waals surface area contributed by atoms with E-state index in [1.54, 1.807) is 31.4 Å². The molecule has 0 amide bonds. The minimum absolute atomic E-state index is 0.297. The fourth-order valence-corrected chi connectivity index (χ4v) is 2.18. The van der Waals surface area contributed by atoms with Crippen LogP contribution in [0.25, 0.3) is 0 Å². The molecule has 6 heteroatoms. The van der Waals surface area contributed by atoms with E-state index in [9.17, 15) is 0 Å². The molecule has 3 rings (SSSR count). The van der Waals surface area contributed by atoms with Crippen molar-refractivity contribution in [2.45, 2.75) is 6.92 Å². The van der Waals surface area contributed by atoms with Crippen molar-refractivity contribution in [1.29, 1.82) is 0 Å². The van der Waals surface area contributed by atoms with Crippen LogP contribution in [0.3, 0.4) is 0 Å². The Morgan fingerprint density at radius 3 is 2.46 bits per heavy atom. The number of nitrogens with zero attached hydrogens (tertiary/aromatic N) is 2. The van der Waals surface area contributed by atoms with E-state index in [0.29, 0.717) is 23.1 Å². The van der Waals surface area contributed by atoms with Gasteiger partial charge in [-0.1, -0.05) is 12.1 Å². The topological polar surface area (TPSA) is 82.3 Å². The molecule has 0 saturated heterocycles. The van der Waals surface area contributed by atoms with Crippen molar-refractivity contribution in [3.05, 3.63) is 60.4 Å². The minimum atomic E-state index is 0.297. The lowest BCUT2D eigenvalue weighted by molar-refractivity contribution is 0.412. The second kappa shape index (κ2) is 6.87. The number of hydrogen-bond acceptors (Lipinski definition) is 6. The molecule has 24 heavy (non-hydrogen) atoms.